The van der Waals surface area contributed by atoms with Crippen molar-refractivity contribution in [3.8, 4) is 0 Å². The lowest BCUT2D eigenvalue weighted by molar-refractivity contribution is -0.227. The zero-order valence-corrected chi connectivity index (χ0v) is 17.0. The maximum atomic E-state index is 6.44. The normalized spacial score (nSPS) is 40.5. The van der Waals surface area contributed by atoms with Gasteiger partial charge in [0.25, 0.3) is 0 Å². The molecule has 0 bridgehead atoms. The predicted octanol–water partition coefficient (Wildman–Crippen LogP) is 3.36. The Labute approximate surface area is 165 Å². The Morgan fingerprint density at radius 2 is 1.79 bits per heavy atom. The summed E-state index contributed by atoms with van der Waals surface area (Å²) in [6.07, 6.45) is -0.653. The van der Waals surface area contributed by atoms with E-state index in [0.717, 1.165) is 17.1 Å². The quantitative estimate of drug-likeness (QED) is 0.796. The van der Waals surface area contributed by atoms with E-state index in [1.54, 1.807) is 0 Å². The van der Waals surface area contributed by atoms with Crippen LogP contribution in [0.3, 0.4) is 0 Å². The second-order valence-corrected chi connectivity index (χ2v) is 9.05. The van der Waals surface area contributed by atoms with Gasteiger partial charge in [0.15, 0.2) is 17.9 Å². The number of fused-ring (bicyclic) bond motifs is 3. The number of anilines is 1. The van der Waals surface area contributed by atoms with Gasteiger partial charge in [0, 0.05) is 12.1 Å². The lowest BCUT2D eigenvalue weighted by atomic mass is 9.80. The third-order valence-electron chi connectivity index (χ3n) is 5.85. The van der Waals surface area contributed by atoms with Crippen LogP contribution in [0.25, 0.3) is 0 Å². The molecule has 7 heteroatoms. The van der Waals surface area contributed by atoms with Crippen LogP contribution in [0.2, 0.25) is 0 Å². The lowest BCUT2D eigenvalue weighted by Crippen LogP contribution is -2.59. The zero-order valence-electron chi connectivity index (χ0n) is 17.0. The van der Waals surface area contributed by atoms with Crippen LogP contribution >= 0.6 is 0 Å². The van der Waals surface area contributed by atoms with Gasteiger partial charge in [-0.15, -0.1) is 0 Å². The van der Waals surface area contributed by atoms with Crippen LogP contribution in [0.15, 0.2) is 29.3 Å². The fraction of sp³-hybridized carbons (Fsp3) is 0.667. The highest BCUT2D eigenvalue weighted by Gasteiger charge is 2.67. The Morgan fingerprint density at radius 3 is 2.54 bits per heavy atom. The molecule has 5 rings (SSSR count). The summed E-state index contributed by atoms with van der Waals surface area (Å²) in [4.78, 5) is 4.83. The summed E-state index contributed by atoms with van der Waals surface area (Å²) < 4.78 is 30.9. The van der Waals surface area contributed by atoms with E-state index >= 15 is 0 Å². The van der Waals surface area contributed by atoms with Gasteiger partial charge in [0.1, 0.15) is 23.9 Å². The van der Waals surface area contributed by atoms with Crippen molar-refractivity contribution in [3.05, 3.63) is 24.3 Å². The molecule has 1 N–H and O–H groups in total. The van der Waals surface area contributed by atoms with Gasteiger partial charge in [-0.2, -0.15) is 0 Å². The predicted molar refractivity (Wildman–Crippen MR) is 104 cm³/mol. The van der Waals surface area contributed by atoms with Crippen LogP contribution in [0, 0.1) is 0 Å². The summed E-state index contributed by atoms with van der Waals surface area (Å²) >= 11 is 0. The van der Waals surface area contributed by atoms with Crippen molar-refractivity contribution in [3.63, 3.8) is 0 Å². The molecule has 0 amide bonds. The largest absolute Gasteiger partial charge is 0.372 e. The summed E-state index contributed by atoms with van der Waals surface area (Å²) in [6.45, 7) is 10.2. The Bertz CT molecular complexity index is 823. The van der Waals surface area contributed by atoms with Gasteiger partial charge >= 0.3 is 0 Å². The molecule has 0 aliphatic carbocycles. The van der Waals surface area contributed by atoms with Crippen molar-refractivity contribution < 1.29 is 23.7 Å². The Hall–Kier alpha value is -1.51. The first kappa shape index (κ1) is 18.5. The molecule has 5 unspecified atom stereocenters. The highest BCUT2D eigenvalue weighted by Crippen LogP contribution is 2.50. The van der Waals surface area contributed by atoms with Crippen LogP contribution in [-0.4, -0.2) is 54.0 Å². The van der Waals surface area contributed by atoms with E-state index in [0.29, 0.717) is 13.0 Å². The van der Waals surface area contributed by atoms with Gasteiger partial charge in [-0.05, 0) is 46.8 Å². The summed E-state index contributed by atoms with van der Waals surface area (Å²) in [7, 11) is 0. The van der Waals surface area contributed by atoms with Gasteiger partial charge in [-0.25, -0.2) is 0 Å². The molecule has 4 heterocycles. The number of aliphatic imine (C=N–C) groups is 1. The summed E-state index contributed by atoms with van der Waals surface area (Å²) in [5, 5.41) is 3.75. The van der Waals surface area contributed by atoms with E-state index in [2.05, 4.69) is 5.32 Å². The minimum absolute atomic E-state index is 0.235. The molecular weight excluding hydrogens is 360 g/mol. The average Bonchev–Trinajstić information content (AvgIpc) is 3.15. The molecule has 5 atom stereocenters. The highest BCUT2D eigenvalue weighted by atomic mass is 16.8. The van der Waals surface area contributed by atoms with E-state index in [4.69, 9.17) is 28.7 Å². The Balaban J connectivity index is 1.59. The minimum atomic E-state index is -0.710. The maximum absolute atomic E-state index is 6.44. The molecule has 0 aromatic heterocycles. The second kappa shape index (κ2) is 6.00. The van der Waals surface area contributed by atoms with Crippen molar-refractivity contribution in [1.29, 1.82) is 0 Å². The molecule has 4 aliphatic rings. The molecule has 3 saturated heterocycles. The SMILES string of the molecule is CC1=Nc2ccccc2NC2(C1)C(C1COC(C)(C)O1)OC1OC(C)(C)OC12. The molecular formula is C21H28N2O5. The van der Waals surface area contributed by atoms with Crippen LogP contribution in [0.1, 0.15) is 41.0 Å². The minimum Gasteiger partial charge on any atom is -0.372 e. The van der Waals surface area contributed by atoms with Gasteiger partial charge in [0.05, 0.1) is 18.0 Å². The molecule has 28 heavy (non-hydrogen) atoms. The van der Waals surface area contributed by atoms with Crippen molar-refractivity contribution in [2.24, 2.45) is 4.99 Å². The fourth-order valence-electron chi connectivity index (χ4n) is 4.87. The number of benzene rings is 1. The molecule has 4 aliphatic heterocycles. The van der Waals surface area contributed by atoms with Crippen molar-refractivity contribution >= 4 is 17.1 Å². The summed E-state index contributed by atoms with van der Waals surface area (Å²) in [6, 6.07) is 8.06. The topological polar surface area (TPSA) is 70.5 Å². The van der Waals surface area contributed by atoms with E-state index in [1.807, 2.05) is 58.9 Å². The zero-order chi connectivity index (χ0) is 19.7. The number of nitrogens with zero attached hydrogens (tertiary/aromatic N) is 1. The third kappa shape index (κ3) is 2.88. The molecule has 0 radical (unpaired) electrons. The van der Waals surface area contributed by atoms with Crippen LogP contribution in [0.5, 0.6) is 0 Å². The Kier molecular flexibility index (Phi) is 3.97. The molecule has 7 nitrogen and oxygen atoms in total. The van der Waals surface area contributed by atoms with Crippen LogP contribution < -0.4 is 5.32 Å². The molecule has 1 aromatic carbocycles. The van der Waals surface area contributed by atoms with Crippen LogP contribution in [0.4, 0.5) is 11.4 Å². The van der Waals surface area contributed by atoms with Gasteiger partial charge in [-0.3, -0.25) is 4.99 Å². The number of hydrogen-bond donors (Lipinski definition) is 1. The van der Waals surface area contributed by atoms with E-state index in [9.17, 15) is 0 Å². The highest BCUT2D eigenvalue weighted by molar-refractivity contribution is 5.90. The van der Waals surface area contributed by atoms with Crippen molar-refractivity contribution in [2.45, 2.75) is 82.8 Å². The van der Waals surface area contributed by atoms with Crippen molar-refractivity contribution in [1.82, 2.24) is 0 Å². The monoisotopic (exact) mass is 388 g/mol. The molecule has 0 saturated carbocycles. The number of ether oxygens (including phenoxy) is 5. The first-order chi connectivity index (χ1) is 13.2. The lowest BCUT2D eigenvalue weighted by Gasteiger charge is -2.40. The van der Waals surface area contributed by atoms with Crippen molar-refractivity contribution in [2.75, 3.05) is 11.9 Å². The van der Waals surface area contributed by atoms with Crippen LogP contribution in [-0.2, 0) is 23.7 Å². The van der Waals surface area contributed by atoms with Gasteiger partial charge in [-0.1, -0.05) is 12.1 Å². The summed E-state index contributed by atoms with van der Waals surface area (Å²) in [5.41, 5.74) is 2.31. The molecule has 1 spiro atoms. The number of rotatable bonds is 1. The third-order valence-corrected chi connectivity index (χ3v) is 5.85. The first-order valence-corrected chi connectivity index (χ1v) is 9.92. The van der Waals surface area contributed by atoms with Gasteiger partial charge in [0.2, 0.25) is 0 Å². The Morgan fingerprint density at radius 1 is 1.00 bits per heavy atom. The maximum Gasteiger partial charge on any atom is 0.190 e. The average molecular weight is 388 g/mol. The second-order valence-electron chi connectivity index (χ2n) is 9.05. The standard InChI is InChI=1S/C21H28N2O5/c1-12-10-21(23-14-9-7-6-8-13(14)22-12)16(15-11-24-19(2,3)26-15)25-18-17(21)27-20(4,5)28-18/h6-9,15-18,23H,10-11H2,1-5H3. The molecule has 1 aromatic rings. The number of nitrogens with one attached hydrogen (secondary N) is 1. The van der Waals surface area contributed by atoms with E-state index in [1.165, 1.54) is 0 Å². The van der Waals surface area contributed by atoms with E-state index < -0.39 is 23.4 Å². The fourth-order valence-corrected chi connectivity index (χ4v) is 4.87. The molecule has 3 fully saturated rings. The van der Waals surface area contributed by atoms with E-state index in [-0.39, 0.29) is 18.3 Å². The van der Waals surface area contributed by atoms with Gasteiger partial charge < -0.3 is 29.0 Å². The summed E-state index contributed by atoms with van der Waals surface area (Å²) in [5.74, 6) is -1.35. The molecule has 152 valence electrons. The number of para-hydroxylation sites is 2. The number of hydrogen-bond acceptors (Lipinski definition) is 7. The first-order valence-electron chi connectivity index (χ1n) is 9.92. The smallest absolute Gasteiger partial charge is 0.190 e.